The molecular formula is C16H20BrClN4O. The van der Waals surface area contributed by atoms with E-state index in [0.717, 1.165) is 36.1 Å². The van der Waals surface area contributed by atoms with Gasteiger partial charge in [-0.1, -0.05) is 22.0 Å². The zero-order valence-electron chi connectivity index (χ0n) is 12.9. The number of carbonyl (C=O) groups is 1. The zero-order valence-corrected chi connectivity index (χ0v) is 15.3. The van der Waals surface area contributed by atoms with Gasteiger partial charge in [0.2, 0.25) is 0 Å². The first kappa shape index (κ1) is 18.0. The molecule has 0 saturated carbocycles. The van der Waals surface area contributed by atoms with Crippen molar-refractivity contribution in [2.24, 2.45) is 0 Å². The Hall–Kier alpha value is -1.37. The monoisotopic (exact) mass is 398 g/mol. The van der Waals surface area contributed by atoms with Crippen molar-refractivity contribution in [3.05, 3.63) is 46.7 Å². The molecule has 0 spiro atoms. The Bertz CT molecular complexity index is 676. The van der Waals surface area contributed by atoms with E-state index >= 15 is 0 Å². The number of likely N-dealkylation sites (tertiary alicyclic amines) is 1. The Morgan fingerprint density at radius 1 is 1.39 bits per heavy atom. The van der Waals surface area contributed by atoms with E-state index in [4.69, 9.17) is 0 Å². The molecule has 1 N–H and O–H groups in total. The number of amides is 1. The Kier molecular flexibility index (Phi) is 6.21. The van der Waals surface area contributed by atoms with Gasteiger partial charge in [-0.3, -0.25) is 4.79 Å². The largest absolute Gasteiger partial charge is 0.336 e. The number of piperidine rings is 1. The summed E-state index contributed by atoms with van der Waals surface area (Å²) in [7, 11) is 1.95. The maximum atomic E-state index is 12.6. The molecule has 0 aliphatic carbocycles. The standard InChI is InChI=1S/C16H19BrN4O.ClH/c1-18-13-5-3-8-20(11-13)16(22)15-7-9-21(19-15)14-6-2-4-12(17)10-14;/h2,4,6-7,9-10,13,18H,3,5,8,11H2,1H3;1H. The third-order valence-electron chi connectivity index (χ3n) is 4.00. The van der Waals surface area contributed by atoms with E-state index in [1.54, 1.807) is 10.7 Å². The fourth-order valence-electron chi connectivity index (χ4n) is 2.76. The summed E-state index contributed by atoms with van der Waals surface area (Å²) >= 11 is 3.45. The minimum Gasteiger partial charge on any atom is -0.336 e. The van der Waals surface area contributed by atoms with E-state index in [1.807, 2.05) is 42.4 Å². The highest BCUT2D eigenvalue weighted by molar-refractivity contribution is 9.10. The van der Waals surface area contributed by atoms with Crippen molar-refractivity contribution < 1.29 is 4.79 Å². The van der Waals surface area contributed by atoms with Gasteiger partial charge in [0.1, 0.15) is 0 Å². The first-order valence-electron chi connectivity index (χ1n) is 7.45. The van der Waals surface area contributed by atoms with E-state index in [0.29, 0.717) is 11.7 Å². The van der Waals surface area contributed by atoms with Crippen LogP contribution in [-0.2, 0) is 0 Å². The number of nitrogens with one attached hydrogen (secondary N) is 1. The van der Waals surface area contributed by atoms with Gasteiger partial charge >= 0.3 is 0 Å². The highest BCUT2D eigenvalue weighted by Crippen LogP contribution is 2.17. The first-order chi connectivity index (χ1) is 10.7. The number of carbonyl (C=O) groups excluding carboxylic acids is 1. The zero-order chi connectivity index (χ0) is 15.5. The molecule has 0 radical (unpaired) electrons. The lowest BCUT2D eigenvalue weighted by Gasteiger charge is -2.32. The quantitative estimate of drug-likeness (QED) is 0.863. The molecule has 1 aliphatic rings. The second-order valence-corrected chi connectivity index (χ2v) is 6.42. The maximum Gasteiger partial charge on any atom is 0.274 e. The average Bonchev–Trinajstić information content (AvgIpc) is 3.04. The van der Waals surface area contributed by atoms with Crippen molar-refractivity contribution in [1.82, 2.24) is 20.0 Å². The van der Waals surface area contributed by atoms with Gasteiger partial charge in [0.15, 0.2) is 5.69 Å². The minimum absolute atomic E-state index is 0. The lowest BCUT2D eigenvalue weighted by atomic mass is 10.1. The number of hydrogen-bond donors (Lipinski definition) is 1. The lowest BCUT2D eigenvalue weighted by molar-refractivity contribution is 0.0691. The molecule has 0 bridgehead atoms. The number of rotatable bonds is 3. The van der Waals surface area contributed by atoms with Gasteiger partial charge in [0, 0.05) is 29.8 Å². The number of benzene rings is 1. The molecule has 1 aliphatic heterocycles. The van der Waals surface area contributed by atoms with E-state index in [9.17, 15) is 4.79 Å². The molecule has 124 valence electrons. The summed E-state index contributed by atoms with van der Waals surface area (Å²) in [6, 6.07) is 10.0. The predicted octanol–water partition coefficient (Wildman–Crippen LogP) is 2.88. The molecule has 1 atom stereocenters. The van der Waals surface area contributed by atoms with Crippen LogP contribution in [0.2, 0.25) is 0 Å². The molecule has 1 amide bonds. The molecule has 1 unspecified atom stereocenters. The molecule has 1 aromatic carbocycles. The summed E-state index contributed by atoms with van der Waals surface area (Å²) < 4.78 is 2.72. The summed E-state index contributed by atoms with van der Waals surface area (Å²) in [5, 5.41) is 7.68. The summed E-state index contributed by atoms with van der Waals surface area (Å²) in [4.78, 5) is 14.5. The second kappa shape index (κ2) is 7.95. The van der Waals surface area contributed by atoms with E-state index in [1.165, 1.54) is 0 Å². The van der Waals surface area contributed by atoms with Crippen LogP contribution in [0.4, 0.5) is 0 Å². The smallest absolute Gasteiger partial charge is 0.274 e. The summed E-state index contributed by atoms with van der Waals surface area (Å²) in [6.45, 7) is 1.56. The third kappa shape index (κ3) is 4.13. The molecular weight excluding hydrogens is 380 g/mol. The predicted molar refractivity (Wildman–Crippen MR) is 96.5 cm³/mol. The SMILES string of the molecule is CNC1CCCN(C(=O)c2ccn(-c3cccc(Br)c3)n2)C1.Cl. The molecule has 3 rings (SSSR count). The van der Waals surface area contributed by atoms with Crippen molar-refractivity contribution >= 4 is 34.2 Å². The Morgan fingerprint density at radius 2 is 2.22 bits per heavy atom. The molecule has 1 aromatic heterocycles. The van der Waals surface area contributed by atoms with Crippen LogP contribution in [0.5, 0.6) is 0 Å². The molecule has 7 heteroatoms. The number of likely N-dealkylation sites (N-methyl/N-ethyl adjacent to an activating group) is 1. The summed E-state index contributed by atoms with van der Waals surface area (Å²) in [5.74, 6) is 0.00805. The normalized spacial score (nSPS) is 17.7. The van der Waals surface area contributed by atoms with Crippen LogP contribution in [0.1, 0.15) is 23.3 Å². The van der Waals surface area contributed by atoms with Gasteiger partial charge in [-0.05, 0) is 44.2 Å². The number of hydrogen-bond acceptors (Lipinski definition) is 3. The van der Waals surface area contributed by atoms with Gasteiger partial charge in [-0.2, -0.15) is 5.10 Å². The molecule has 1 fully saturated rings. The minimum atomic E-state index is 0. The Labute approximate surface area is 150 Å². The Balaban J connectivity index is 0.00000192. The number of aromatic nitrogens is 2. The van der Waals surface area contributed by atoms with Crippen LogP contribution >= 0.6 is 28.3 Å². The van der Waals surface area contributed by atoms with Crippen LogP contribution in [-0.4, -0.2) is 46.8 Å². The Morgan fingerprint density at radius 3 is 2.96 bits per heavy atom. The van der Waals surface area contributed by atoms with Crippen molar-refractivity contribution in [2.45, 2.75) is 18.9 Å². The van der Waals surface area contributed by atoms with Gasteiger partial charge in [-0.25, -0.2) is 4.68 Å². The van der Waals surface area contributed by atoms with Gasteiger partial charge in [0.25, 0.3) is 5.91 Å². The van der Waals surface area contributed by atoms with Crippen LogP contribution < -0.4 is 5.32 Å². The highest BCUT2D eigenvalue weighted by Gasteiger charge is 2.24. The second-order valence-electron chi connectivity index (χ2n) is 5.50. The molecule has 2 aromatic rings. The molecule has 23 heavy (non-hydrogen) atoms. The van der Waals surface area contributed by atoms with E-state index in [2.05, 4.69) is 26.3 Å². The van der Waals surface area contributed by atoms with Crippen molar-refractivity contribution in [3.63, 3.8) is 0 Å². The fourth-order valence-corrected chi connectivity index (χ4v) is 3.15. The van der Waals surface area contributed by atoms with Crippen molar-refractivity contribution in [2.75, 3.05) is 20.1 Å². The van der Waals surface area contributed by atoms with Crippen LogP contribution in [0.25, 0.3) is 5.69 Å². The van der Waals surface area contributed by atoms with Crippen molar-refractivity contribution in [3.8, 4) is 5.69 Å². The van der Waals surface area contributed by atoms with Crippen LogP contribution in [0.15, 0.2) is 41.0 Å². The number of nitrogens with zero attached hydrogens (tertiary/aromatic N) is 3. The van der Waals surface area contributed by atoms with Gasteiger partial charge in [0.05, 0.1) is 5.69 Å². The molecule has 2 heterocycles. The van der Waals surface area contributed by atoms with Gasteiger partial charge < -0.3 is 10.2 Å². The van der Waals surface area contributed by atoms with E-state index in [-0.39, 0.29) is 18.3 Å². The molecule has 1 saturated heterocycles. The van der Waals surface area contributed by atoms with Crippen LogP contribution in [0.3, 0.4) is 0 Å². The van der Waals surface area contributed by atoms with Crippen LogP contribution in [0, 0.1) is 0 Å². The topological polar surface area (TPSA) is 50.2 Å². The lowest BCUT2D eigenvalue weighted by Crippen LogP contribution is -2.47. The fraction of sp³-hybridized carbons (Fsp3) is 0.375. The summed E-state index contributed by atoms with van der Waals surface area (Å²) in [6.07, 6.45) is 3.98. The van der Waals surface area contributed by atoms with E-state index < -0.39 is 0 Å². The molecule has 5 nitrogen and oxygen atoms in total. The van der Waals surface area contributed by atoms with Crippen molar-refractivity contribution in [1.29, 1.82) is 0 Å². The maximum absolute atomic E-state index is 12.6. The summed E-state index contributed by atoms with van der Waals surface area (Å²) in [5.41, 5.74) is 1.43. The number of halogens is 2. The van der Waals surface area contributed by atoms with Gasteiger partial charge in [-0.15, -0.1) is 12.4 Å². The highest BCUT2D eigenvalue weighted by atomic mass is 79.9. The first-order valence-corrected chi connectivity index (χ1v) is 8.25. The average molecular weight is 400 g/mol. The third-order valence-corrected chi connectivity index (χ3v) is 4.49.